The summed E-state index contributed by atoms with van der Waals surface area (Å²) >= 11 is 0. The highest BCUT2D eigenvalue weighted by atomic mass is 16.5. The maximum Gasteiger partial charge on any atom is 0.171 e. The van der Waals surface area contributed by atoms with Crippen LogP contribution < -0.4 is 0 Å². The van der Waals surface area contributed by atoms with Gasteiger partial charge in [0.2, 0.25) is 0 Å². The van der Waals surface area contributed by atoms with E-state index in [1.165, 1.54) is 0 Å². The van der Waals surface area contributed by atoms with Crippen molar-refractivity contribution in [2.75, 3.05) is 0 Å². The molecule has 58 valence electrons. The molecule has 2 aromatic rings. The largest absolute Gasteiger partial charge is 0.356 e. The molecule has 3 nitrogen and oxygen atoms in total. The van der Waals surface area contributed by atoms with Crippen molar-refractivity contribution in [1.82, 2.24) is 5.16 Å². The number of rotatable bonds is 0. The fourth-order valence-corrected chi connectivity index (χ4v) is 1.19. The van der Waals surface area contributed by atoms with E-state index in [1.54, 1.807) is 12.3 Å². The van der Waals surface area contributed by atoms with Crippen LogP contribution in [0.5, 0.6) is 0 Å². The zero-order valence-corrected chi connectivity index (χ0v) is 6.53. The second-order valence-corrected chi connectivity index (χ2v) is 2.61. The Balaban J connectivity index is 2.94. The van der Waals surface area contributed by atoms with Crippen molar-refractivity contribution in [2.24, 2.45) is 0 Å². The van der Waals surface area contributed by atoms with E-state index in [4.69, 9.17) is 9.78 Å². The van der Waals surface area contributed by atoms with Crippen molar-refractivity contribution in [1.29, 1.82) is 5.26 Å². The molecule has 1 aromatic heterocycles. The van der Waals surface area contributed by atoms with Crippen LogP contribution in [0.4, 0.5) is 0 Å². The lowest BCUT2D eigenvalue weighted by Crippen LogP contribution is -1.78. The lowest BCUT2D eigenvalue weighted by atomic mass is 10.1. The van der Waals surface area contributed by atoms with Crippen LogP contribution in [0.3, 0.4) is 0 Å². The van der Waals surface area contributed by atoms with Crippen LogP contribution in [0, 0.1) is 18.3 Å². The summed E-state index contributed by atoms with van der Waals surface area (Å²) in [6.45, 7) is 1.93. The summed E-state index contributed by atoms with van der Waals surface area (Å²) in [6.07, 6.45) is 1.57. The first-order valence-electron chi connectivity index (χ1n) is 3.57. The standard InChI is InChI=1S/C9H6N2O/c1-6-2-3-7(4-10)8-5-11-12-9(6)8/h2-3,5H,1H3. The van der Waals surface area contributed by atoms with Gasteiger partial charge in [-0.15, -0.1) is 0 Å². The third-order valence-corrected chi connectivity index (χ3v) is 1.84. The van der Waals surface area contributed by atoms with Crippen LogP contribution in [0.1, 0.15) is 11.1 Å². The molecule has 0 N–H and O–H groups in total. The monoisotopic (exact) mass is 158 g/mol. The van der Waals surface area contributed by atoms with Crippen molar-refractivity contribution < 1.29 is 4.52 Å². The summed E-state index contributed by atoms with van der Waals surface area (Å²) in [5.74, 6) is 0. The number of fused-ring (bicyclic) bond motifs is 1. The molecule has 1 aromatic carbocycles. The fraction of sp³-hybridized carbons (Fsp3) is 0.111. The van der Waals surface area contributed by atoms with Crippen molar-refractivity contribution in [3.63, 3.8) is 0 Å². The second-order valence-electron chi connectivity index (χ2n) is 2.61. The molecule has 0 bridgehead atoms. The van der Waals surface area contributed by atoms with Gasteiger partial charge in [-0.05, 0) is 18.6 Å². The highest BCUT2D eigenvalue weighted by Crippen LogP contribution is 2.20. The summed E-state index contributed by atoms with van der Waals surface area (Å²) < 4.78 is 4.99. The minimum atomic E-state index is 0.608. The molecule has 0 aliphatic carbocycles. The van der Waals surface area contributed by atoms with Crippen molar-refractivity contribution >= 4 is 11.0 Å². The SMILES string of the molecule is Cc1ccc(C#N)c2cnoc12. The van der Waals surface area contributed by atoms with Crippen LogP contribution in [-0.2, 0) is 0 Å². The second kappa shape index (κ2) is 2.35. The first-order valence-corrected chi connectivity index (χ1v) is 3.57. The normalized spacial score (nSPS) is 10.0. The number of aromatic nitrogens is 1. The van der Waals surface area contributed by atoms with E-state index in [9.17, 15) is 0 Å². The predicted octanol–water partition coefficient (Wildman–Crippen LogP) is 2.01. The minimum Gasteiger partial charge on any atom is -0.356 e. The van der Waals surface area contributed by atoms with Gasteiger partial charge in [-0.25, -0.2) is 0 Å². The summed E-state index contributed by atoms with van der Waals surface area (Å²) in [4.78, 5) is 0. The fourth-order valence-electron chi connectivity index (χ4n) is 1.19. The molecule has 0 aliphatic rings. The third kappa shape index (κ3) is 0.785. The molecule has 0 radical (unpaired) electrons. The molecule has 0 unspecified atom stereocenters. The Labute approximate surface area is 69.2 Å². The van der Waals surface area contributed by atoms with Crippen LogP contribution in [0.15, 0.2) is 22.9 Å². The zero-order chi connectivity index (χ0) is 8.55. The Morgan fingerprint density at radius 2 is 2.33 bits per heavy atom. The number of benzene rings is 1. The van der Waals surface area contributed by atoms with E-state index in [-0.39, 0.29) is 0 Å². The van der Waals surface area contributed by atoms with Gasteiger partial charge >= 0.3 is 0 Å². The zero-order valence-electron chi connectivity index (χ0n) is 6.53. The van der Waals surface area contributed by atoms with Crippen molar-refractivity contribution in [2.45, 2.75) is 6.92 Å². The van der Waals surface area contributed by atoms with Gasteiger partial charge in [0.05, 0.1) is 23.2 Å². The van der Waals surface area contributed by atoms with Gasteiger partial charge < -0.3 is 4.52 Å². The third-order valence-electron chi connectivity index (χ3n) is 1.84. The molecule has 0 atom stereocenters. The van der Waals surface area contributed by atoms with Gasteiger partial charge in [-0.2, -0.15) is 5.26 Å². The maximum absolute atomic E-state index is 8.73. The molecule has 0 amide bonds. The number of aryl methyl sites for hydroxylation is 1. The van der Waals surface area contributed by atoms with Crippen LogP contribution in [0.2, 0.25) is 0 Å². The number of nitrogens with zero attached hydrogens (tertiary/aromatic N) is 2. The van der Waals surface area contributed by atoms with Crippen LogP contribution in [0.25, 0.3) is 11.0 Å². The summed E-state index contributed by atoms with van der Waals surface area (Å²) in [5.41, 5.74) is 2.31. The first-order chi connectivity index (χ1) is 5.83. The molecule has 0 fully saturated rings. The molecular weight excluding hydrogens is 152 g/mol. The van der Waals surface area contributed by atoms with Crippen molar-refractivity contribution in [3.05, 3.63) is 29.5 Å². The van der Waals surface area contributed by atoms with Crippen LogP contribution >= 0.6 is 0 Å². The lowest BCUT2D eigenvalue weighted by Gasteiger charge is -1.93. The molecule has 0 saturated carbocycles. The molecule has 0 saturated heterocycles. The molecular formula is C9H6N2O. The smallest absolute Gasteiger partial charge is 0.171 e. The van der Waals surface area contributed by atoms with Gasteiger partial charge in [-0.3, -0.25) is 0 Å². The first kappa shape index (κ1) is 6.86. The van der Waals surface area contributed by atoms with Crippen molar-refractivity contribution in [3.8, 4) is 6.07 Å². The number of hydrogen-bond donors (Lipinski definition) is 0. The van der Waals surface area contributed by atoms with E-state index in [1.807, 2.05) is 13.0 Å². The van der Waals surface area contributed by atoms with E-state index in [0.29, 0.717) is 11.1 Å². The Bertz CT molecular complexity index is 465. The lowest BCUT2D eigenvalue weighted by molar-refractivity contribution is 0.455. The average Bonchev–Trinajstić information content (AvgIpc) is 2.54. The van der Waals surface area contributed by atoms with Gasteiger partial charge in [0.1, 0.15) is 0 Å². The van der Waals surface area contributed by atoms with E-state index >= 15 is 0 Å². The topological polar surface area (TPSA) is 49.8 Å². The van der Waals surface area contributed by atoms with E-state index < -0.39 is 0 Å². The summed E-state index contributed by atoms with van der Waals surface area (Å²) in [7, 11) is 0. The molecule has 1 heterocycles. The highest BCUT2D eigenvalue weighted by molar-refractivity contribution is 5.84. The Morgan fingerprint density at radius 1 is 1.50 bits per heavy atom. The average molecular weight is 158 g/mol. The van der Waals surface area contributed by atoms with Gasteiger partial charge in [0, 0.05) is 0 Å². The van der Waals surface area contributed by atoms with Gasteiger partial charge in [-0.1, -0.05) is 11.2 Å². The summed E-state index contributed by atoms with van der Waals surface area (Å²) in [6, 6.07) is 5.71. The van der Waals surface area contributed by atoms with E-state index in [0.717, 1.165) is 10.9 Å². The quantitative estimate of drug-likeness (QED) is 0.589. The van der Waals surface area contributed by atoms with Crippen LogP contribution in [-0.4, -0.2) is 5.16 Å². The number of hydrogen-bond acceptors (Lipinski definition) is 3. The molecule has 2 rings (SSSR count). The Hall–Kier alpha value is -1.82. The van der Waals surface area contributed by atoms with Gasteiger partial charge in [0.15, 0.2) is 5.58 Å². The summed E-state index contributed by atoms with van der Waals surface area (Å²) in [5, 5.41) is 13.2. The molecule has 0 aliphatic heterocycles. The minimum absolute atomic E-state index is 0.608. The Morgan fingerprint density at radius 3 is 3.08 bits per heavy atom. The predicted molar refractivity (Wildman–Crippen MR) is 43.5 cm³/mol. The molecule has 12 heavy (non-hydrogen) atoms. The highest BCUT2D eigenvalue weighted by Gasteiger charge is 2.05. The molecule has 3 heteroatoms. The van der Waals surface area contributed by atoms with Gasteiger partial charge in [0.25, 0.3) is 0 Å². The Kier molecular flexibility index (Phi) is 1.34. The number of nitriles is 1. The maximum atomic E-state index is 8.73. The molecule has 0 spiro atoms. The van der Waals surface area contributed by atoms with E-state index in [2.05, 4.69) is 11.2 Å².